The highest BCUT2D eigenvalue weighted by atomic mass is 16.6. The van der Waals surface area contributed by atoms with Crippen LogP contribution in [0.5, 0.6) is 0 Å². The summed E-state index contributed by atoms with van der Waals surface area (Å²) in [5.41, 5.74) is 3.55. The molecule has 0 amide bonds. The van der Waals surface area contributed by atoms with Crippen LogP contribution in [0.15, 0.2) is 77.6 Å². The van der Waals surface area contributed by atoms with Gasteiger partial charge in [-0.15, -0.1) is 0 Å². The van der Waals surface area contributed by atoms with Gasteiger partial charge in [-0.3, -0.25) is 24.9 Å². The zero-order chi connectivity index (χ0) is 23.8. The second-order valence-corrected chi connectivity index (χ2v) is 9.19. The van der Waals surface area contributed by atoms with E-state index in [1.54, 1.807) is 18.2 Å². The van der Waals surface area contributed by atoms with Gasteiger partial charge in [-0.2, -0.15) is 0 Å². The van der Waals surface area contributed by atoms with E-state index < -0.39 is 4.92 Å². The smallest absolute Gasteiger partial charge is 0.269 e. The predicted molar refractivity (Wildman–Crippen MR) is 128 cm³/mol. The van der Waals surface area contributed by atoms with Crippen LogP contribution in [0.4, 0.5) is 5.69 Å². The zero-order valence-corrected chi connectivity index (χ0v) is 18.9. The molecule has 4 aromatic rings. The van der Waals surface area contributed by atoms with Gasteiger partial charge in [-0.05, 0) is 34.2 Å². The number of nitro benzene ring substituents is 1. The third-order valence-corrected chi connectivity index (χ3v) is 5.83. The lowest BCUT2D eigenvalue weighted by Crippen LogP contribution is -2.40. The Labute approximate surface area is 191 Å². The van der Waals surface area contributed by atoms with Crippen molar-refractivity contribution in [2.45, 2.75) is 39.3 Å². The van der Waals surface area contributed by atoms with Crippen molar-refractivity contribution in [2.75, 3.05) is 0 Å². The van der Waals surface area contributed by atoms with Gasteiger partial charge in [0.1, 0.15) is 0 Å². The fraction of sp³-hybridized carbons (Fsp3) is 0.231. The van der Waals surface area contributed by atoms with Gasteiger partial charge >= 0.3 is 0 Å². The summed E-state index contributed by atoms with van der Waals surface area (Å²) >= 11 is 0. The molecule has 33 heavy (non-hydrogen) atoms. The molecule has 0 unspecified atom stereocenters. The number of aromatic nitrogens is 2. The molecule has 7 nitrogen and oxygen atoms in total. The monoisotopic (exact) mass is 442 g/mol. The molecule has 0 radical (unpaired) electrons. The Morgan fingerprint density at radius 3 is 1.97 bits per heavy atom. The highest BCUT2D eigenvalue weighted by molar-refractivity contribution is 5.77. The molecule has 4 rings (SSSR count). The number of hydrogen-bond acceptors (Lipinski definition) is 4. The average Bonchev–Trinajstić information content (AvgIpc) is 2.79. The third kappa shape index (κ3) is 4.48. The normalized spacial score (nSPS) is 11.6. The molecule has 0 spiro atoms. The predicted octanol–water partition coefficient (Wildman–Crippen LogP) is 4.58. The lowest BCUT2D eigenvalue weighted by Gasteiger charge is -2.20. The number of rotatable bonds is 5. The van der Waals surface area contributed by atoms with Gasteiger partial charge in [0.2, 0.25) is 5.62 Å². The van der Waals surface area contributed by atoms with E-state index in [-0.39, 0.29) is 28.8 Å². The first-order valence-electron chi connectivity index (χ1n) is 10.7. The first-order chi connectivity index (χ1) is 15.6. The molecular formula is C26H26N4O3. The molecule has 0 fully saturated rings. The molecule has 0 bridgehead atoms. The average molecular weight is 443 g/mol. The van der Waals surface area contributed by atoms with E-state index in [0.717, 1.165) is 5.56 Å². The second kappa shape index (κ2) is 8.50. The Bertz CT molecular complexity index is 1440. The molecule has 0 atom stereocenters. The molecule has 0 saturated heterocycles. The minimum absolute atomic E-state index is 0.00975. The summed E-state index contributed by atoms with van der Waals surface area (Å²) in [6, 6.07) is 21.7. The molecule has 0 aliphatic carbocycles. The summed E-state index contributed by atoms with van der Waals surface area (Å²) < 4.78 is 3.24. The van der Waals surface area contributed by atoms with E-state index in [9.17, 15) is 14.9 Å². The van der Waals surface area contributed by atoms with Gasteiger partial charge < -0.3 is 4.57 Å². The Balaban J connectivity index is 1.79. The van der Waals surface area contributed by atoms with Crippen molar-refractivity contribution in [1.29, 1.82) is 5.41 Å². The second-order valence-electron chi connectivity index (χ2n) is 9.19. The molecule has 0 aliphatic heterocycles. The Hall–Kier alpha value is -4.00. The van der Waals surface area contributed by atoms with Crippen LogP contribution in [0.1, 0.15) is 37.5 Å². The maximum atomic E-state index is 13.2. The fourth-order valence-electron chi connectivity index (χ4n) is 3.90. The highest BCUT2D eigenvalue weighted by Gasteiger charge is 2.15. The number of non-ortho nitro benzene ring substituents is 1. The van der Waals surface area contributed by atoms with Crippen molar-refractivity contribution in [3.8, 4) is 0 Å². The van der Waals surface area contributed by atoms with Crippen LogP contribution in [0, 0.1) is 15.5 Å². The largest absolute Gasteiger partial charge is 0.307 e. The lowest BCUT2D eigenvalue weighted by molar-refractivity contribution is -0.384. The Kier molecular flexibility index (Phi) is 5.72. The van der Waals surface area contributed by atoms with Crippen LogP contribution < -0.4 is 11.2 Å². The zero-order valence-electron chi connectivity index (χ0n) is 18.9. The molecule has 0 aliphatic rings. The summed E-state index contributed by atoms with van der Waals surface area (Å²) in [4.78, 5) is 23.7. The Morgan fingerprint density at radius 2 is 1.39 bits per heavy atom. The standard InChI is InChI=1S/C26H26N4O3/c1-26(2,3)20-12-8-18(9-13-20)16-28-23-7-5-4-6-22(23)24(31)29(25(28)27)17-19-10-14-21(15-11-19)30(32)33/h4-15,27H,16-17H2,1-3H3. The van der Waals surface area contributed by atoms with E-state index in [1.807, 2.05) is 22.8 Å². The van der Waals surface area contributed by atoms with Crippen molar-refractivity contribution >= 4 is 16.6 Å². The number of hydrogen-bond donors (Lipinski definition) is 1. The third-order valence-electron chi connectivity index (χ3n) is 5.83. The molecule has 7 heteroatoms. The van der Waals surface area contributed by atoms with E-state index in [1.165, 1.54) is 22.3 Å². The molecule has 1 heterocycles. The molecule has 1 aromatic heterocycles. The van der Waals surface area contributed by atoms with Gasteiger partial charge in [0, 0.05) is 12.1 Å². The van der Waals surface area contributed by atoms with Crippen LogP contribution >= 0.6 is 0 Å². The van der Waals surface area contributed by atoms with Crippen LogP contribution in [0.2, 0.25) is 0 Å². The van der Waals surface area contributed by atoms with Crippen LogP contribution in [-0.4, -0.2) is 14.1 Å². The number of para-hydroxylation sites is 1. The molecule has 0 saturated carbocycles. The minimum Gasteiger partial charge on any atom is -0.307 e. The van der Waals surface area contributed by atoms with Crippen molar-refractivity contribution in [1.82, 2.24) is 9.13 Å². The van der Waals surface area contributed by atoms with Gasteiger partial charge in [-0.1, -0.05) is 69.3 Å². The van der Waals surface area contributed by atoms with Crippen LogP contribution in [-0.2, 0) is 18.5 Å². The van der Waals surface area contributed by atoms with Crippen LogP contribution in [0.25, 0.3) is 10.9 Å². The van der Waals surface area contributed by atoms with E-state index in [4.69, 9.17) is 5.41 Å². The topological polar surface area (TPSA) is 93.9 Å². The Morgan fingerprint density at radius 1 is 0.848 bits per heavy atom. The van der Waals surface area contributed by atoms with Crippen LogP contribution in [0.3, 0.4) is 0 Å². The SMILES string of the molecule is CC(C)(C)c1ccc(Cn2c(=N)n(Cc3ccc([N+](=O)[O-])cc3)c(=O)c3ccccc32)cc1. The molecule has 1 N–H and O–H groups in total. The quantitative estimate of drug-likeness (QED) is 0.362. The van der Waals surface area contributed by atoms with Gasteiger partial charge in [0.05, 0.1) is 28.9 Å². The summed E-state index contributed by atoms with van der Waals surface area (Å²) in [5.74, 6) is 0. The molecule has 168 valence electrons. The van der Waals surface area contributed by atoms with Crippen molar-refractivity contribution < 1.29 is 4.92 Å². The van der Waals surface area contributed by atoms with Gasteiger partial charge in [-0.25, -0.2) is 0 Å². The number of nitrogens with zero attached hydrogens (tertiary/aromatic N) is 3. The lowest BCUT2D eigenvalue weighted by atomic mass is 9.87. The summed E-state index contributed by atoms with van der Waals surface area (Å²) in [6.45, 7) is 7.11. The first kappa shape index (κ1) is 22.2. The number of benzene rings is 3. The summed E-state index contributed by atoms with van der Waals surface area (Å²) in [5, 5.41) is 20.3. The van der Waals surface area contributed by atoms with Gasteiger partial charge in [0.15, 0.2) is 0 Å². The maximum Gasteiger partial charge on any atom is 0.269 e. The van der Waals surface area contributed by atoms with E-state index in [2.05, 4.69) is 45.0 Å². The molecule has 3 aromatic carbocycles. The van der Waals surface area contributed by atoms with E-state index >= 15 is 0 Å². The number of nitro groups is 1. The number of fused-ring (bicyclic) bond motifs is 1. The van der Waals surface area contributed by atoms with Gasteiger partial charge in [0.25, 0.3) is 11.2 Å². The van der Waals surface area contributed by atoms with E-state index in [0.29, 0.717) is 23.0 Å². The summed E-state index contributed by atoms with van der Waals surface area (Å²) in [6.07, 6.45) is 0. The fourth-order valence-corrected chi connectivity index (χ4v) is 3.90. The number of nitrogens with one attached hydrogen (secondary N) is 1. The minimum atomic E-state index is -0.458. The summed E-state index contributed by atoms with van der Waals surface area (Å²) in [7, 11) is 0. The maximum absolute atomic E-state index is 13.2. The van der Waals surface area contributed by atoms with Crippen molar-refractivity contribution in [3.05, 3.63) is 116 Å². The van der Waals surface area contributed by atoms with Crippen molar-refractivity contribution in [2.24, 2.45) is 0 Å². The molecular weight excluding hydrogens is 416 g/mol. The first-order valence-corrected chi connectivity index (χ1v) is 10.7. The van der Waals surface area contributed by atoms with Crippen molar-refractivity contribution in [3.63, 3.8) is 0 Å². The highest BCUT2D eigenvalue weighted by Crippen LogP contribution is 2.22.